The number of ether oxygens (including phenoxy) is 1. The number of aromatic nitrogens is 1. The van der Waals surface area contributed by atoms with E-state index in [2.05, 4.69) is 55.1 Å². The maximum atomic E-state index is 5.91. The average molecular weight is 340 g/mol. The zero-order valence-corrected chi connectivity index (χ0v) is 15.2. The highest BCUT2D eigenvalue weighted by atomic mass is 32.1. The van der Waals surface area contributed by atoms with Crippen LogP contribution in [0, 0.1) is 0 Å². The first-order valence-electron chi connectivity index (χ1n) is 8.57. The number of hydrogen-bond donors (Lipinski definition) is 0. The van der Waals surface area contributed by atoms with Crippen molar-refractivity contribution in [2.75, 3.05) is 26.2 Å². The molecule has 0 saturated carbocycles. The molecule has 0 saturated heterocycles. The number of thiazole rings is 1. The molecule has 3 rings (SSSR count). The molecule has 24 heavy (non-hydrogen) atoms. The molecule has 0 unspecified atom stereocenters. The summed E-state index contributed by atoms with van der Waals surface area (Å²) < 4.78 is 7.11. The molecular weight excluding hydrogens is 316 g/mol. The van der Waals surface area contributed by atoms with Crippen molar-refractivity contribution < 1.29 is 4.74 Å². The molecule has 0 amide bonds. The molecule has 0 atom stereocenters. The molecule has 3 nitrogen and oxygen atoms in total. The Kier molecular flexibility index (Phi) is 5.83. The van der Waals surface area contributed by atoms with Crippen molar-refractivity contribution in [2.45, 2.75) is 20.3 Å². The summed E-state index contributed by atoms with van der Waals surface area (Å²) in [6.45, 7) is 8.19. The van der Waals surface area contributed by atoms with Gasteiger partial charge in [0.1, 0.15) is 12.4 Å². The Balaban J connectivity index is 1.65. The van der Waals surface area contributed by atoms with Gasteiger partial charge in [-0.2, -0.15) is 0 Å². The Hall–Kier alpha value is -1.91. The van der Waals surface area contributed by atoms with Crippen molar-refractivity contribution in [3.05, 3.63) is 59.1 Å². The molecule has 0 bridgehead atoms. The van der Waals surface area contributed by atoms with Gasteiger partial charge in [0, 0.05) is 13.0 Å². The van der Waals surface area contributed by atoms with Crippen LogP contribution in [0.15, 0.2) is 48.5 Å². The lowest BCUT2D eigenvalue weighted by Crippen LogP contribution is -2.27. The standard InChI is InChI=1S/C20H24N2OS/c1-3-22(4-2)12-13-23-17-10-11-18-19(15-17)24-20(21-18)14-16-8-6-5-7-9-16/h5-11,15H,3-4,12-14H2,1-2H3. The third kappa shape index (κ3) is 4.34. The predicted molar refractivity (Wildman–Crippen MR) is 102 cm³/mol. The third-order valence-corrected chi connectivity index (χ3v) is 5.19. The van der Waals surface area contributed by atoms with Crippen LogP contribution in [0.3, 0.4) is 0 Å². The van der Waals surface area contributed by atoms with Crippen LogP contribution in [0.2, 0.25) is 0 Å². The van der Waals surface area contributed by atoms with Gasteiger partial charge < -0.3 is 9.64 Å². The topological polar surface area (TPSA) is 25.4 Å². The summed E-state index contributed by atoms with van der Waals surface area (Å²) in [5.41, 5.74) is 2.36. The monoisotopic (exact) mass is 340 g/mol. The molecule has 1 heterocycles. The summed E-state index contributed by atoms with van der Waals surface area (Å²) in [4.78, 5) is 7.10. The molecule has 126 valence electrons. The number of nitrogens with zero attached hydrogens (tertiary/aromatic N) is 2. The van der Waals surface area contributed by atoms with Gasteiger partial charge in [0.2, 0.25) is 0 Å². The normalized spacial score (nSPS) is 11.3. The van der Waals surface area contributed by atoms with Crippen molar-refractivity contribution in [3.63, 3.8) is 0 Å². The van der Waals surface area contributed by atoms with E-state index in [1.807, 2.05) is 12.1 Å². The average Bonchev–Trinajstić information content (AvgIpc) is 3.01. The highest BCUT2D eigenvalue weighted by Gasteiger charge is 2.07. The van der Waals surface area contributed by atoms with Gasteiger partial charge in [0.05, 0.1) is 15.2 Å². The van der Waals surface area contributed by atoms with Crippen LogP contribution >= 0.6 is 11.3 Å². The molecular formula is C20H24N2OS. The number of likely N-dealkylation sites (N-methyl/N-ethyl adjacent to an activating group) is 1. The summed E-state index contributed by atoms with van der Waals surface area (Å²) in [5, 5.41) is 1.15. The second-order valence-corrected chi connectivity index (χ2v) is 6.89. The summed E-state index contributed by atoms with van der Waals surface area (Å²) in [5.74, 6) is 0.935. The summed E-state index contributed by atoms with van der Waals surface area (Å²) in [6.07, 6.45) is 0.887. The van der Waals surface area contributed by atoms with Crippen LogP contribution in [0.4, 0.5) is 0 Å². The van der Waals surface area contributed by atoms with E-state index in [1.165, 1.54) is 10.3 Å². The maximum Gasteiger partial charge on any atom is 0.120 e. The van der Waals surface area contributed by atoms with Crippen molar-refractivity contribution in [3.8, 4) is 5.75 Å². The van der Waals surface area contributed by atoms with E-state index < -0.39 is 0 Å². The van der Waals surface area contributed by atoms with E-state index in [0.717, 1.165) is 48.9 Å². The Morgan fingerprint density at radius 2 is 1.83 bits per heavy atom. The van der Waals surface area contributed by atoms with Gasteiger partial charge in [-0.15, -0.1) is 11.3 Å². The largest absolute Gasteiger partial charge is 0.492 e. The highest BCUT2D eigenvalue weighted by molar-refractivity contribution is 7.18. The SMILES string of the molecule is CCN(CC)CCOc1ccc2nc(Cc3ccccc3)sc2c1. The van der Waals surface area contributed by atoms with E-state index in [4.69, 9.17) is 9.72 Å². The fourth-order valence-corrected chi connectivity index (χ4v) is 3.75. The van der Waals surface area contributed by atoms with Crippen LogP contribution in [0.1, 0.15) is 24.4 Å². The second-order valence-electron chi connectivity index (χ2n) is 5.77. The molecule has 0 aliphatic heterocycles. The second kappa shape index (κ2) is 8.27. The van der Waals surface area contributed by atoms with Crippen LogP contribution in [-0.2, 0) is 6.42 Å². The summed E-state index contributed by atoms with van der Waals surface area (Å²) in [7, 11) is 0. The van der Waals surface area contributed by atoms with Crippen LogP contribution < -0.4 is 4.74 Å². The van der Waals surface area contributed by atoms with Crippen LogP contribution in [-0.4, -0.2) is 36.1 Å². The lowest BCUT2D eigenvalue weighted by Gasteiger charge is -2.17. The molecule has 4 heteroatoms. The fraction of sp³-hybridized carbons (Fsp3) is 0.350. The van der Waals surface area contributed by atoms with Crippen molar-refractivity contribution in [1.82, 2.24) is 9.88 Å². The van der Waals surface area contributed by atoms with Gasteiger partial charge in [-0.25, -0.2) is 4.98 Å². The van der Waals surface area contributed by atoms with E-state index in [9.17, 15) is 0 Å². The quantitative estimate of drug-likeness (QED) is 0.599. The minimum atomic E-state index is 0.725. The van der Waals surface area contributed by atoms with Gasteiger partial charge >= 0.3 is 0 Å². The molecule has 1 aromatic heterocycles. The minimum absolute atomic E-state index is 0.725. The van der Waals surface area contributed by atoms with Crippen molar-refractivity contribution >= 4 is 21.6 Å². The van der Waals surface area contributed by atoms with Crippen LogP contribution in [0.5, 0.6) is 5.75 Å². The van der Waals surface area contributed by atoms with E-state index in [1.54, 1.807) is 11.3 Å². The van der Waals surface area contributed by atoms with Crippen molar-refractivity contribution in [1.29, 1.82) is 0 Å². The van der Waals surface area contributed by atoms with Gasteiger partial charge in [-0.1, -0.05) is 44.2 Å². The molecule has 0 radical (unpaired) electrons. The number of benzene rings is 2. The fourth-order valence-electron chi connectivity index (χ4n) is 2.72. The lowest BCUT2D eigenvalue weighted by atomic mass is 10.2. The Morgan fingerprint density at radius 3 is 2.58 bits per heavy atom. The minimum Gasteiger partial charge on any atom is -0.492 e. The molecule has 0 spiro atoms. The zero-order chi connectivity index (χ0) is 16.8. The van der Waals surface area contributed by atoms with E-state index >= 15 is 0 Å². The van der Waals surface area contributed by atoms with Gasteiger partial charge in [0.15, 0.2) is 0 Å². The summed E-state index contributed by atoms with van der Waals surface area (Å²) >= 11 is 1.75. The Labute approximate surface area is 147 Å². The molecule has 0 fully saturated rings. The maximum absolute atomic E-state index is 5.91. The highest BCUT2D eigenvalue weighted by Crippen LogP contribution is 2.27. The first-order valence-corrected chi connectivity index (χ1v) is 9.38. The Bertz CT molecular complexity index is 766. The van der Waals surface area contributed by atoms with E-state index in [-0.39, 0.29) is 0 Å². The molecule has 2 aromatic carbocycles. The Morgan fingerprint density at radius 1 is 1.04 bits per heavy atom. The van der Waals surface area contributed by atoms with Crippen molar-refractivity contribution in [2.24, 2.45) is 0 Å². The number of hydrogen-bond acceptors (Lipinski definition) is 4. The summed E-state index contributed by atoms with van der Waals surface area (Å²) in [6, 6.07) is 16.7. The number of fused-ring (bicyclic) bond motifs is 1. The van der Waals surface area contributed by atoms with E-state index in [0.29, 0.717) is 0 Å². The first-order chi connectivity index (χ1) is 11.8. The molecule has 0 aliphatic carbocycles. The third-order valence-electron chi connectivity index (χ3n) is 4.17. The van der Waals surface area contributed by atoms with Crippen LogP contribution in [0.25, 0.3) is 10.2 Å². The smallest absolute Gasteiger partial charge is 0.120 e. The van der Waals surface area contributed by atoms with Gasteiger partial charge in [-0.3, -0.25) is 0 Å². The number of rotatable bonds is 8. The lowest BCUT2D eigenvalue weighted by molar-refractivity contribution is 0.223. The first kappa shape index (κ1) is 16.9. The molecule has 0 aliphatic rings. The molecule has 0 N–H and O–H groups in total. The van der Waals surface area contributed by atoms with Gasteiger partial charge in [0.25, 0.3) is 0 Å². The zero-order valence-electron chi connectivity index (χ0n) is 14.4. The predicted octanol–water partition coefficient (Wildman–Crippen LogP) is 4.61. The molecule has 3 aromatic rings. The van der Waals surface area contributed by atoms with Gasteiger partial charge in [-0.05, 0) is 36.9 Å².